The van der Waals surface area contributed by atoms with Crippen LogP contribution in [0.3, 0.4) is 0 Å². The van der Waals surface area contributed by atoms with Crippen molar-refractivity contribution in [3.8, 4) is 0 Å². The number of carboxylic acid groups (broad SMARTS) is 1. The molecule has 0 aliphatic carbocycles. The van der Waals surface area contributed by atoms with E-state index in [1.54, 1.807) is 0 Å². The standard InChI is InChI=1S/C16H20BrNO2/c17-13-3-1-11(2-4-13)10-18-14-5-6-15(18)8-12(7-14)9-16(19)20/h1-4,12,14-15H,5-10H2,(H,19,20). The van der Waals surface area contributed by atoms with E-state index in [1.165, 1.54) is 18.4 Å². The minimum absolute atomic E-state index is 0.346. The monoisotopic (exact) mass is 337 g/mol. The van der Waals surface area contributed by atoms with Crippen molar-refractivity contribution in [2.75, 3.05) is 0 Å². The molecule has 2 aliphatic rings. The van der Waals surface area contributed by atoms with Crippen LogP contribution in [0.2, 0.25) is 0 Å². The quantitative estimate of drug-likeness (QED) is 0.911. The lowest BCUT2D eigenvalue weighted by Gasteiger charge is -2.38. The second-order valence-corrected chi connectivity index (χ2v) is 7.03. The van der Waals surface area contributed by atoms with E-state index in [0.717, 1.165) is 23.9 Å². The zero-order chi connectivity index (χ0) is 14.1. The van der Waals surface area contributed by atoms with Crippen molar-refractivity contribution in [3.63, 3.8) is 0 Å². The van der Waals surface area contributed by atoms with Gasteiger partial charge in [-0.25, -0.2) is 0 Å². The summed E-state index contributed by atoms with van der Waals surface area (Å²) in [6.07, 6.45) is 4.92. The Kier molecular flexibility index (Phi) is 4.13. The molecule has 20 heavy (non-hydrogen) atoms. The molecule has 2 atom stereocenters. The van der Waals surface area contributed by atoms with Crippen LogP contribution in [0.15, 0.2) is 28.7 Å². The molecular formula is C16H20BrNO2. The van der Waals surface area contributed by atoms with E-state index in [4.69, 9.17) is 5.11 Å². The highest BCUT2D eigenvalue weighted by Crippen LogP contribution is 2.40. The van der Waals surface area contributed by atoms with Gasteiger partial charge in [0, 0.05) is 29.5 Å². The molecule has 4 heteroatoms. The van der Waals surface area contributed by atoms with Crippen LogP contribution >= 0.6 is 15.9 Å². The molecule has 108 valence electrons. The summed E-state index contributed by atoms with van der Waals surface area (Å²) in [7, 11) is 0. The van der Waals surface area contributed by atoms with Crippen LogP contribution in [0.4, 0.5) is 0 Å². The zero-order valence-corrected chi connectivity index (χ0v) is 13.1. The van der Waals surface area contributed by atoms with Crippen molar-refractivity contribution in [2.24, 2.45) is 5.92 Å². The maximum atomic E-state index is 10.9. The maximum Gasteiger partial charge on any atom is 0.303 e. The summed E-state index contributed by atoms with van der Waals surface area (Å²) in [5.41, 5.74) is 1.35. The Morgan fingerprint density at radius 3 is 2.35 bits per heavy atom. The number of fused-ring (bicyclic) bond motifs is 2. The number of carbonyl (C=O) groups is 1. The number of benzene rings is 1. The fourth-order valence-electron chi connectivity index (χ4n) is 3.86. The summed E-state index contributed by atoms with van der Waals surface area (Å²) >= 11 is 3.47. The molecule has 3 rings (SSSR count). The molecule has 0 amide bonds. The van der Waals surface area contributed by atoms with E-state index in [9.17, 15) is 4.79 Å². The van der Waals surface area contributed by atoms with Crippen LogP contribution < -0.4 is 0 Å². The van der Waals surface area contributed by atoms with E-state index in [0.29, 0.717) is 24.4 Å². The van der Waals surface area contributed by atoms with Gasteiger partial charge in [-0.2, -0.15) is 0 Å². The van der Waals surface area contributed by atoms with Gasteiger partial charge in [-0.1, -0.05) is 28.1 Å². The van der Waals surface area contributed by atoms with Gasteiger partial charge in [-0.15, -0.1) is 0 Å². The molecule has 1 N–H and O–H groups in total. The van der Waals surface area contributed by atoms with Crippen LogP contribution in [-0.4, -0.2) is 28.1 Å². The minimum atomic E-state index is -0.643. The van der Waals surface area contributed by atoms with Crippen LogP contribution in [0.5, 0.6) is 0 Å². The van der Waals surface area contributed by atoms with Crippen molar-refractivity contribution in [3.05, 3.63) is 34.3 Å². The second-order valence-electron chi connectivity index (χ2n) is 6.12. The zero-order valence-electron chi connectivity index (χ0n) is 11.5. The predicted molar refractivity (Wildman–Crippen MR) is 81.5 cm³/mol. The van der Waals surface area contributed by atoms with Crippen molar-refractivity contribution in [1.82, 2.24) is 4.90 Å². The Morgan fingerprint density at radius 1 is 1.20 bits per heavy atom. The van der Waals surface area contributed by atoms with Gasteiger partial charge >= 0.3 is 5.97 Å². The summed E-state index contributed by atoms with van der Waals surface area (Å²) in [5, 5.41) is 8.97. The van der Waals surface area contributed by atoms with Gasteiger partial charge in [0.2, 0.25) is 0 Å². The number of hydrogen-bond acceptors (Lipinski definition) is 2. The van der Waals surface area contributed by atoms with E-state index in [2.05, 4.69) is 45.1 Å². The SMILES string of the molecule is O=C(O)CC1CC2CCC(C1)N2Cc1ccc(Br)cc1. The van der Waals surface area contributed by atoms with Gasteiger partial charge in [0.05, 0.1) is 0 Å². The average Bonchev–Trinajstić information content (AvgIpc) is 2.63. The van der Waals surface area contributed by atoms with Gasteiger partial charge in [-0.05, 0) is 49.3 Å². The molecular weight excluding hydrogens is 318 g/mol. The Bertz CT molecular complexity index is 474. The van der Waals surface area contributed by atoms with Gasteiger partial charge in [0.15, 0.2) is 0 Å². The number of piperidine rings is 1. The average molecular weight is 338 g/mol. The van der Waals surface area contributed by atoms with Crippen LogP contribution in [0, 0.1) is 5.92 Å². The third kappa shape index (κ3) is 3.07. The van der Waals surface area contributed by atoms with Crippen molar-refractivity contribution >= 4 is 21.9 Å². The summed E-state index contributed by atoms with van der Waals surface area (Å²) in [5.74, 6) is -0.262. The molecule has 0 saturated carbocycles. The molecule has 2 unspecified atom stereocenters. The summed E-state index contributed by atoms with van der Waals surface area (Å²) in [6, 6.07) is 9.70. The molecule has 2 fully saturated rings. The third-order valence-corrected chi connectivity index (χ3v) is 5.25. The molecule has 2 bridgehead atoms. The Hall–Kier alpha value is -0.870. The van der Waals surface area contributed by atoms with E-state index in [-0.39, 0.29) is 0 Å². The molecule has 2 saturated heterocycles. The third-order valence-electron chi connectivity index (χ3n) is 4.72. The summed E-state index contributed by atoms with van der Waals surface area (Å²) < 4.78 is 1.12. The van der Waals surface area contributed by atoms with Crippen LogP contribution in [0.25, 0.3) is 0 Å². The Morgan fingerprint density at radius 2 is 1.80 bits per heavy atom. The highest BCUT2D eigenvalue weighted by Gasteiger charge is 2.40. The number of hydrogen-bond donors (Lipinski definition) is 1. The lowest BCUT2D eigenvalue weighted by atomic mass is 9.88. The number of halogens is 1. The Balaban J connectivity index is 1.65. The predicted octanol–water partition coefficient (Wildman–Crippen LogP) is 3.67. The second kappa shape index (κ2) is 5.86. The molecule has 1 aromatic carbocycles. The first-order chi connectivity index (χ1) is 9.61. The van der Waals surface area contributed by atoms with Crippen LogP contribution in [-0.2, 0) is 11.3 Å². The molecule has 2 heterocycles. The fourth-order valence-corrected chi connectivity index (χ4v) is 4.12. The molecule has 0 aromatic heterocycles. The van der Waals surface area contributed by atoms with Gasteiger partial charge in [0.1, 0.15) is 0 Å². The highest BCUT2D eigenvalue weighted by molar-refractivity contribution is 9.10. The van der Waals surface area contributed by atoms with Crippen molar-refractivity contribution in [2.45, 2.75) is 50.7 Å². The number of aliphatic carboxylic acids is 1. The smallest absolute Gasteiger partial charge is 0.303 e. The van der Waals surface area contributed by atoms with Crippen molar-refractivity contribution < 1.29 is 9.90 Å². The van der Waals surface area contributed by atoms with Gasteiger partial charge < -0.3 is 5.11 Å². The number of rotatable bonds is 4. The number of nitrogens with zero attached hydrogens (tertiary/aromatic N) is 1. The largest absolute Gasteiger partial charge is 0.481 e. The lowest BCUT2D eigenvalue weighted by Crippen LogP contribution is -2.42. The van der Waals surface area contributed by atoms with Gasteiger partial charge in [0.25, 0.3) is 0 Å². The summed E-state index contributed by atoms with van der Waals surface area (Å²) in [6.45, 7) is 1.00. The minimum Gasteiger partial charge on any atom is -0.481 e. The fraction of sp³-hybridized carbons (Fsp3) is 0.562. The highest BCUT2D eigenvalue weighted by atomic mass is 79.9. The maximum absolute atomic E-state index is 10.9. The van der Waals surface area contributed by atoms with Crippen molar-refractivity contribution in [1.29, 1.82) is 0 Å². The molecule has 0 spiro atoms. The molecule has 0 radical (unpaired) electrons. The first-order valence-corrected chi connectivity index (χ1v) is 8.13. The molecule has 3 nitrogen and oxygen atoms in total. The number of carboxylic acids is 1. The van der Waals surface area contributed by atoms with E-state index >= 15 is 0 Å². The summed E-state index contributed by atoms with van der Waals surface area (Å²) in [4.78, 5) is 13.5. The molecule has 1 aromatic rings. The van der Waals surface area contributed by atoms with Crippen LogP contribution in [0.1, 0.15) is 37.7 Å². The van der Waals surface area contributed by atoms with E-state index < -0.39 is 5.97 Å². The van der Waals surface area contributed by atoms with E-state index in [1.807, 2.05) is 0 Å². The van der Waals surface area contributed by atoms with Gasteiger partial charge in [-0.3, -0.25) is 9.69 Å². The Labute approximate surface area is 128 Å². The first kappa shape index (κ1) is 14.1. The first-order valence-electron chi connectivity index (χ1n) is 7.34. The lowest BCUT2D eigenvalue weighted by molar-refractivity contribution is -0.138. The molecule has 2 aliphatic heterocycles. The topological polar surface area (TPSA) is 40.5 Å². The normalized spacial score (nSPS) is 29.6.